The first-order valence-corrected chi connectivity index (χ1v) is 9.88. The zero-order valence-electron chi connectivity index (χ0n) is 13.4. The van der Waals surface area contributed by atoms with Crippen LogP contribution in [0.15, 0.2) is 0 Å². The van der Waals surface area contributed by atoms with Crippen LogP contribution in [0.4, 0.5) is 0 Å². The van der Waals surface area contributed by atoms with E-state index in [4.69, 9.17) is 0 Å². The molecule has 0 amide bonds. The van der Waals surface area contributed by atoms with Crippen LogP contribution in [-0.4, -0.2) is 10.6 Å². The van der Waals surface area contributed by atoms with Crippen molar-refractivity contribution in [1.29, 1.82) is 0 Å². The Morgan fingerprint density at radius 2 is 1.10 bits per heavy atom. The van der Waals surface area contributed by atoms with Gasteiger partial charge in [0.1, 0.15) is 0 Å². The van der Waals surface area contributed by atoms with Gasteiger partial charge in [-0.2, -0.15) is 0 Å². The maximum atomic E-state index is 11.4. The quantitative estimate of drug-likeness (QED) is 0.240. The van der Waals surface area contributed by atoms with Crippen LogP contribution in [0.25, 0.3) is 0 Å². The fraction of sp³-hybridized carbons (Fsp3) is 1.00. The van der Waals surface area contributed by atoms with Gasteiger partial charge in [-0.1, -0.05) is 84.5 Å². The molecule has 0 aliphatic rings. The van der Waals surface area contributed by atoms with Crippen molar-refractivity contribution in [3.63, 3.8) is 0 Å². The maximum absolute atomic E-state index is 11.4. The van der Waals surface area contributed by atoms with E-state index in [0.29, 0.717) is 0 Å². The van der Waals surface area contributed by atoms with E-state index >= 15 is 0 Å². The normalized spacial score (nSPS) is 13.8. The van der Waals surface area contributed by atoms with Crippen molar-refractivity contribution in [3.05, 3.63) is 0 Å². The molecule has 1 N–H and O–H groups in total. The van der Waals surface area contributed by atoms with E-state index in [1.807, 2.05) is 0 Å². The van der Waals surface area contributed by atoms with Gasteiger partial charge in [0.2, 0.25) is 0 Å². The summed E-state index contributed by atoms with van der Waals surface area (Å²) in [5.41, 5.74) is 0.0952. The summed E-state index contributed by atoms with van der Waals surface area (Å²) in [6.45, 7) is 4.44. The van der Waals surface area contributed by atoms with Crippen molar-refractivity contribution in [1.82, 2.24) is 0 Å². The van der Waals surface area contributed by atoms with Gasteiger partial charge in [-0.25, -0.2) is 0 Å². The molecule has 2 nitrogen and oxygen atoms in total. The van der Waals surface area contributed by atoms with Crippen LogP contribution in [0.5, 0.6) is 0 Å². The zero-order chi connectivity index (χ0) is 14.3. The SMILES string of the molecule is CCCCCCCCC(CCCCCCC)[PH](=O)O.[Ni]. The fourth-order valence-corrected chi connectivity index (χ4v) is 3.46. The van der Waals surface area contributed by atoms with E-state index < -0.39 is 8.03 Å². The number of hydrogen-bond acceptors (Lipinski definition) is 1. The predicted octanol–water partition coefficient (Wildman–Crippen LogP) is 5.93. The minimum Gasteiger partial charge on any atom is -0.346 e. The second-order valence-corrected chi connectivity index (χ2v) is 7.29. The molecular formula is C16H35NiO2P. The van der Waals surface area contributed by atoms with Crippen LogP contribution in [0.3, 0.4) is 0 Å². The van der Waals surface area contributed by atoms with Gasteiger partial charge in [0.25, 0.3) is 0 Å². The molecule has 0 saturated carbocycles. The first kappa shape index (κ1) is 23.0. The van der Waals surface area contributed by atoms with E-state index in [1.54, 1.807) is 0 Å². The third-order valence-corrected chi connectivity index (χ3v) is 5.19. The van der Waals surface area contributed by atoms with E-state index in [1.165, 1.54) is 57.8 Å². The Balaban J connectivity index is 0. The van der Waals surface area contributed by atoms with Crippen LogP contribution < -0.4 is 0 Å². The standard InChI is InChI=1S/C16H35O2P.Ni/c1-3-5-7-9-11-13-15-16(19(17)18)14-12-10-8-6-4-2;/h16,19H,3-15H2,1-2H3,(H,17,18);. The van der Waals surface area contributed by atoms with E-state index in [9.17, 15) is 9.46 Å². The van der Waals surface area contributed by atoms with Gasteiger partial charge < -0.3 is 4.89 Å². The van der Waals surface area contributed by atoms with Gasteiger partial charge in [0, 0.05) is 22.2 Å². The second-order valence-electron chi connectivity index (χ2n) is 5.79. The van der Waals surface area contributed by atoms with Crippen molar-refractivity contribution < 1.29 is 25.9 Å². The molecular weight excluding hydrogens is 314 g/mol. The van der Waals surface area contributed by atoms with Gasteiger partial charge >= 0.3 is 0 Å². The Labute approximate surface area is 137 Å². The number of unbranched alkanes of at least 4 members (excludes halogenated alkanes) is 9. The average molecular weight is 349 g/mol. The number of hydrogen-bond donors (Lipinski definition) is 1. The van der Waals surface area contributed by atoms with Gasteiger partial charge in [-0.3, -0.25) is 4.57 Å². The van der Waals surface area contributed by atoms with Crippen LogP contribution >= 0.6 is 8.03 Å². The third-order valence-electron chi connectivity index (χ3n) is 3.91. The summed E-state index contributed by atoms with van der Waals surface area (Å²) in [4.78, 5) is 9.40. The Morgan fingerprint density at radius 1 is 0.750 bits per heavy atom. The summed E-state index contributed by atoms with van der Waals surface area (Å²) < 4.78 is 11.4. The van der Waals surface area contributed by atoms with Crippen LogP contribution in [0, 0.1) is 0 Å². The summed E-state index contributed by atoms with van der Waals surface area (Å²) in [5, 5.41) is 0. The molecule has 0 aromatic carbocycles. The van der Waals surface area contributed by atoms with Gasteiger partial charge in [-0.15, -0.1) is 0 Å². The molecule has 0 bridgehead atoms. The van der Waals surface area contributed by atoms with Crippen molar-refractivity contribution in [2.75, 3.05) is 0 Å². The first-order chi connectivity index (χ1) is 9.22. The van der Waals surface area contributed by atoms with Crippen molar-refractivity contribution in [2.45, 2.75) is 103 Å². The summed E-state index contributed by atoms with van der Waals surface area (Å²) >= 11 is 0. The largest absolute Gasteiger partial charge is 0.346 e. The first-order valence-electron chi connectivity index (χ1n) is 8.45. The van der Waals surface area contributed by atoms with Crippen LogP contribution in [0.1, 0.15) is 97.3 Å². The Morgan fingerprint density at radius 3 is 1.45 bits per heavy atom. The smallest absolute Gasteiger partial charge is 0.192 e. The molecule has 0 aromatic rings. The molecule has 0 aromatic heterocycles. The van der Waals surface area contributed by atoms with Crippen LogP contribution in [0.2, 0.25) is 0 Å². The molecule has 0 aliphatic carbocycles. The summed E-state index contributed by atoms with van der Waals surface area (Å²) in [7, 11) is -2.31. The van der Waals surface area contributed by atoms with Crippen LogP contribution in [-0.2, 0) is 21.1 Å². The second kappa shape index (κ2) is 17.7. The molecule has 0 saturated heterocycles. The summed E-state index contributed by atoms with van der Waals surface area (Å²) in [6, 6.07) is 0. The molecule has 2 atom stereocenters. The molecule has 0 rings (SSSR count). The Hall–Kier alpha value is 0.684. The molecule has 0 spiro atoms. The van der Waals surface area contributed by atoms with E-state index in [2.05, 4.69) is 13.8 Å². The third kappa shape index (κ3) is 15.1. The van der Waals surface area contributed by atoms with E-state index in [-0.39, 0.29) is 22.2 Å². The monoisotopic (exact) mass is 348 g/mol. The minimum atomic E-state index is -2.31. The molecule has 20 heavy (non-hydrogen) atoms. The molecule has 0 radical (unpaired) electrons. The zero-order valence-corrected chi connectivity index (χ0v) is 15.4. The van der Waals surface area contributed by atoms with Gasteiger partial charge in [0.05, 0.1) is 0 Å². The topological polar surface area (TPSA) is 37.3 Å². The molecule has 2 unspecified atom stereocenters. The van der Waals surface area contributed by atoms with E-state index in [0.717, 1.165) is 25.7 Å². The molecule has 0 aliphatic heterocycles. The van der Waals surface area contributed by atoms with Crippen molar-refractivity contribution in [2.24, 2.45) is 0 Å². The molecule has 0 fully saturated rings. The summed E-state index contributed by atoms with van der Waals surface area (Å²) in [6.07, 6.45) is 15.8. The molecule has 4 heteroatoms. The van der Waals surface area contributed by atoms with Crippen molar-refractivity contribution >= 4 is 8.03 Å². The molecule has 0 heterocycles. The molecule has 126 valence electrons. The minimum absolute atomic E-state index is 0. The maximum Gasteiger partial charge on any atom is 0.192 e. The van der Waals surface area contributed by atoms with Gasteiger partial charge in [-0.05, 0) is 12.8 Å². The fourth-order valence-electron chi connectivity index (χ4n) is 2.56. The van der Waals surface area contributed by atoms with Gasteiger partial charge in [0.15, 0.2) is 8.03 Å². The summed E-state index contributed by atoms with van der Waals surface area (Å²) in [5.74, 6) is 0. The predicted molar refractivity (Wildman–Crippen MR) is 86.4 cm³/mol. The average Bonchev–Trinajstić information content (AvgIpc) is 2.39. The number of rotatable bonds is 14. The van der Waals surface area contributed by atoms with Crippen molar-refractivity contribution in [3.8, 4) is 0 Å². The Bertz CT molecular complexity index is 213. The Kier molecular flexibility index (Phi) is 20.4.